The number of nitrogens with zero attached hydrogens (tertiary/aromatic N) is 1. The Balaban J connectivity index is 2.81. The second-order valence-corrected chi connectivity index (χ2v) is 7.75. The van der Waals surface area contributed by atoms with Crippen LogP contribution in [-0.4, -0.2) is 42.6 Å². The first-order valence-corrected chi connectivity index (χ1v) is 10.4. The normalized spacial score (nSPS) is 20.7. The monoisotopic (exact) mass is 429 g/mol. The van der Waals surface area contributed by atoms with Gasteiger partial charge in [-0.25, -0.2) is 4.79 Å². The van der Waals surface area contributed by atoms with Gasteiger partial charge in [-0.05, 0) is 24.7 Å². The first kappa shape index (κ1) is 19.0. The van der Waals surface area contributed by atoms with E-state index in [1.807, 2.05) is 20.8 Å². The molecule has 122 valence electrons. The van der Waals surface area contributed by atoms with Gasteiger partial charge in [0.15, 0.2) is 0 Å². The van der Waals surface area contributed by atoms with E-state index in [0.29, 0.717) is 13.0 Å². The van der Waals surface area contributed by atoms with Gasteiger partial charge >= 0.3 is 5.97 Å². The summed E-state index contributed by atoms with van der Waals surface area (Å²) in [6.07, 6.45) is 3.05. The van der Waals surface area contributed by atoms with Crippen LogP contribution in [-0.2, 0) is 18.5 Å². The fourth-order valence-corrected chi connectivity index (χ4v) is 3.53. The number of esters is 1. The molecule has 5 nitrogen and oxygen atoms in total. The molecule has 0 aromatic rings. The molecule has 0 spiro atoms. The van der Waals surface area contributed by atoms with E-state index >= 15 is 0 Å². The van der Waals surface area contributed by atoms with Crippen LogP contribution in [0.1, 0.15) is 46.5 Å². The Morgan fingerprint density at radius 1 is 1.52 bits per heavy atom. The van der Waals surface area contributed by atoms with Crippen molar-refractivity contribution < 1.29 is 18.5 Å². The maximum Gasteiger partial charge on any atom is 0.329 e. The Labute approximate surface area is 143 Å². The lowest BCUT2D eigenvalue weighted by Crippen LogP contribution is -2.53. The van der Waals surface area contributed by atoms with Crippen molar-refractivity contribution in [3.05, 3.63) is 0 Å². The van der Waals surface area contributed by atoms with Crippen LogP contribution >= 0.6 is 30.4 Å². The second-order valence-electron chi connectivity index (χ2n) is 6.31. The topological polar surface area (TPSA) is 55.8 Å². The molecule has 7 heteroatoms. The third-order valence-electron chi connectivity index (χ3n) is 3.71. The lowest BCUT2D eigenvalue weighted by Gasteiger charge is -2.39. The van der Waals surface area contributed by atoms with Crippen LogP contribution < -0.4 is 0 Å². The summed E-state index contributed by atoms with van der Waals surface area (Å²) in [5.41, 5.74) is -0.347. The molecule has 1 rings (SSSR count). The van der Waals surface area contributed by atoms with E-state index in [1.165, 1.54) is 16.3 Å². The van der Waals surface area contributed by atoms with Crippen LogP contribution in [0.25, 0.3) is 0 Å². The summed E-state index contributed by atoms with van der Waals surface area (Å²) < 4.78 is 10.2. The van der Waals surface area contributed by atoms with Crippen LogP contribution in [0.5, 0.6) is 0 Å². The fraction of sp³-hybridized carbons (Fsp3) is 0.857. The highest BCUT2D eigenvalue weighted by Crippen LogP contribution is 2.34. The van der Waals surface area contributed by atoms with E-state index in [4.69, 9.17) is 8.92 Å². The third kappa shape index (κ3) is 5.28. The molecule has 1 aliphatic rings. The molecule has 1 heterocycles. The number of ether oxygens (including phenoxy) is 1. The third-order valence-corrected chi connectivity index (χ3v) is 4.72. The van der Waals surface area contributed by atoms with Gasteiger partial charge in [-0.3, -0.25) is 4.79 Å². The average Bonchev–Trinajstić information content (AvgIpc) is 2.75. The van der Waals surface area contributed by atoms with Gasteiger partial charge in [-0.2, -0.15) is 0 Å². The molecule has 2 unspecified atom stereocenters. The zero-order chi connectivity index (χ0) is 16.0. The number of halogens is 1. The number of carbonyl (C=O) groups is 2. The molecule has 1 fully saturated rings. The van der Waals surface area contributed by atoms with Crippen molar-refractivity contribution >= 4 is 42.3 Å². The zero-order valence-electron chi connectivity index (χ0n) is 13.1. The number of hydrogen-bond donors (Lipinski definition) is 0. The Kier molecular flexibility index (Phi) is 7.77. The number of carbonyl (C=O) groups excluding carboxylic acids is 2. The molecule has 1 saturated heterocycles. The summed E-state index contributed by atoms with van der Waals surface area (Å²) in [6, 6.07) is -0.425. The molecular weight excluding hydrogens is 405 g/mol. The first-order chi connectivity index (χ1) is 9.82. The summed E-state index contributed by atoms with van der Waals surface area (Å²) in [7, 11) is 2.70. The van der Waals surface area contributed by atoms with E-state index in [1.54, 1.807) is 4.90 Å². The van der Waals surface area contributed by atoms with Gasteiger partial charge in [0.1, 0.15) is 6.04 Å². The predicted molar refractivity (Wildman–Crippen MR) is 91.9 cm³/mol. The molecule has 0 saturated carbocycles. The van der Waals surface area contributed by atoms with Gasteiger partial charge < -0.3 is 13.8 Å². The van der Waals surface area contributed by atoms with Gasteiger partial charge in [0.05, 0.1) is 22.9 Å². The minimum Gasteiger partial charge on any atom is -0.467 e. The minimum absolute atomic E-state index is 0.0505. The van der Waals surface area contributed by atoms with Crippen molar-refractivity contribution in [3.8, 4) is 0 Å². The lowest BCUT2D eigenvalue weighted by atomic mass is 9.85. The summed E-state index contributed by atoms with van der Waals surface area (Å²) in [5, 5.41) is 0. The molecule has 2 atom stereocenters. The van der Waals surface area contributed by atoms with E-state index < -0.39 is 6.04 Å². The van der Waals surface area contributed by atoms with Crippen LogP contribution in [0.2, 0.25) is 0 Å². The Bertz CT molecular complexity index is 372. The van der Waals surface area contributed by atoms with E-state index in [9.17, 15) is 9.59 Å². The number of hydrogen-bond acceptors (Lipinski definition) is 5. The molecule has 0 aromatic carbocycles. The van der Waals surface area contributed by atoms with Gasteiger partial charge in [-0.1, -0.05) is 20.8 Å². The Morgan fingerprint density at radius 3 is 2.71 bits per heavy atom. The highest BCUT2D eigenvalue weighted by atomic mass is 127. The van der Waals surface area contributed by atoms with Crippen LogP contribution in [0.3, 0.4) is 0 Å². The number of methoxy groups -OCH3 is 1. The predicted octanol–water partition coefficient (Wildman–Crippen LogP) is 3.36. The number of amides is 1. The van der Waals surface area contributed by atoms with Gasteiger partial charge in [0.2, 0.25) is 5.91 Å². The van der Waals surface area contributed by atoms with Gasteiger partial charge in [-0.15, -0.1) is 0 Å². The molecule has 0 aliphatic carbocycles. The highest BCUT2D eigenvalue weighted by molar-refractivity contribution is 14.2. The highest BCUT2D eigenvalue weighted by Gasteiger charge is 2.45. The molecule has 0 bridgehead atoms. The SMILES string of the molecule is COC(=O)C(N1C(=O)CCC1CCCOSI)C(C)(C)C. The van der Waals surface area contributed by atoms with E-state index in [2.05, 4.69) is 21.2 Å². The van der Waals surface area contributed by atoms with Gasteiger partial charge in [0, 0.05) is 33.7 Å². The molecule has 1 aliphatic heterocycles. The quantitative estimate of drug-likeness (QED) is 0.269. The maximum absolute atomic E-state index is 12.3. The number of rotatable bonds is 7. The Hall–Kier alpha value is -0.0200. The number of likely N-dealkylation sites (tertiary alicyclic amines) is 1. The molecule has 0 aromatic heterocycles. The maximum atomic E-state index is 12.3. The molecule has 1 amide bonds. The smallest absolute Gasteiger partial charge is 0.329 e. The molecule has 0 radical (unpaired) electrons. The lowest BCUT2D eigenvalue weighted by molar-refractivity contribution is -0.157. The summed E-state index contributed by atoms with van der Waals surface area (Å²) in [5.74, 6) is -0.281. The largest absolute Gasteiger partial charge is 0.467 e. The fourth-order valence-electron chi connectivity index (χ4n) is 2.81. The van der Waals surface area contributed by atoms with Crippen molar-refractivity contribution in [2.45, 2.75) is 58.5 Å². The second kappa shape index (κ2) is 8.57. The van der Waals surface area contributed by atoms with Crippen molar-refractivity contribution in [1.29, 1.82) is 0 Å². The van der Waals surface area contributed by atoms with Crippen LogP contribution in [0.4, 0.5) is 0 Å². The van der Waals surface area contributed by atoms with Crippen molar-refractivity contribution in [2.75, 3.05) is 13.7 Å². The van der Waals surface area contributed by atoms with Crippen molar-refractivity contribution in [1.82, 2.24) is 4.90 Å². The average molecular weight is 429 g/mol. The van der Waals surface area contributed by atoms with Crippen molar-refractivity contribution in [2.24, 2.45) is 5.41 Å². The van der Waals surface area contributed by atoms with Gasteiger partial charge in [0.25, 0.3) is 0 Å². The van der Waals surface area contributed by atoms with Crippen LogP contribution in [0, 0.1) is 5.41 Å². The first-order valence-electron chi connectivity index (χ1n) is 7.12. The van der Waals surface area contributed by atoms with E-state index in [-0.39, 0.29) is 23.3 Å². The molecular formula is C14H24INO4S. The molecule has 21 heavy (non-hydrogen) atoms. The minimum atomic E-state index is -0.526. The summed E-state index contributed by atoms with van der Waals surface area (Å²) >= 11 is 2.09. The van der Waals surface area contributed by atoms with Crippen molar-refractivity contribution in [3.63, 3.8) is 0 Å². The molecule has 0 N–H and O–H groups in total. The Morgan fingerprint density at radius 2 is 2.19 bits per heavy atom. The summed E-state index contributed by atoms with van der Waals surface area (Å²) in [4.78, 5) is 26.2. The van der Waals surface area contributed by atoms with Crippen LogP contribution in [0.15, 0.2) is 0 Å². The standard InChI is InChI=1S/C14H24INO4S/c1-14(2,3)12(13(18)19-4)16-10(7-8-11(16)17)6-5-9-20-21-15/h10,12H,5-9H2,1-4H3. The zero-order valence-corrected chi connectivity index (χ0v) is 16.0. The summed E-state index contributed by atoms with van der Waals surface area (Å²) in [6.45, 7) is 6.55. The van der Waals surface area contributed by atoms with E-state index in [0.717, 1.165) is 19.3 Å².